The number of hydrogen-bond acceptors (Lipinski definition) is 4. The molecule has 1 aliphatic carbocycles. The lowest BCUT2D eigenvalue weighted by Gasteiger charge is -2.19. The summed E-state index contributed by atoms with van der Waals surface area (Å²) in [4.78, 5) is 39.3. The molecule has 1 aliphatic heterocycles. The molecule has 2 atom stereocenters. The van der Waals surface area contributed by atoms with E-state index < -0.39 is 0 Å². The highest BCUT2D eigenvalue weighted by molar-refractivity contribution is 7.98. The fourth-order valence-corrected chi connectivity index (χ4v) is 4.05. The number of nitrogens with zero attached hydrogens (tertiary/aromatic N) is 1. The normalized spacial score (nSPS) is 23.3. The molecule has 1 N–H and O–H groups in total. The molecule has 0 bridgehead atoms. The number of fused-ring (bicyclic) bond motifs is 1. The Hall–Kier alpha value is -1.82. The first-order valence-electron chi connectivity index (χ1n) is 8.39. The maximum absolute atomic E-state index is 12.4. The van der Waals surface area contributed by atoms with Crippen molar-refractivity contribution in [1.29, 1.82) is 0 Å². The van der Waals surface area contributed by atoms with E-state index in [4.69, 9.17) is 0 Å². The summed E-state index contributed by atoms with van der Waals surface area (Å²) in [6, 6.07) is 7.60. The Kier molecular flexibility index (Phi) is 5.23. The first kappa shape index (κ1) is 17.0. The van der Waals surface area contributed by atoms with E-state index in [2.05, 4.69) is 5.32 Å². The van der Waals surface area contributed by atoms with E-state index in [0.717, 1.165) is 36.3 Å². The van der Waals surface area contributed by atoms with Crippen LogP contribution < -0.4 is 5.32 Å². The van der Waals surface area contributed by atoms with Crippen LogP contribution in [0.4, 0.5) is 5.69 Å². The molecule has 6 heteroatoms. The lowest BCUT2D eigenvalue weighted by atomic mass is 9.81. The molecule has 1 saturated heterocycles. The summed E-state index contributed by atoms with van der Waals surface area (Å²) in [5.41, 5.74) is 0.736. The largest absolute Gasteiger partial charge is 0.326 e. The minimum Gasteiger partial charge on any atom is -0.326 e. The quantitative estimate of drug-likeness (QED) is 0.658. The highest BCUT2D eigenvalue weighted by Gasteiger charge is 2.47. The standard InChI is InChI=1S/C18H22N2O3S/c1-24-13-6-4-5-12(11-13)19-16(21)9-10-20-17(22)14-7-2-3-8-15(14)18(20)23/h4-6,11,14-15H,2-3,7-10H2,1H3,(H,19,21)/t14-,15-/m1/s1. The Bertz CT molecular complexity index is 637. The molecule has 1 heterocycles. The number of carbonyl (C=O) groups excluding carboxylic acids is 3. The van der Waals surface area contributed by atoms with Gasteiger partial charge >= 0.3 is 0 Å². The van der Waals surface area contributed by atoms with Gasteiger partial charge in [0.1, 0.15) is 0 Å². The Morgan fingerprint density at radius 1 is 1.21 bits per heavy atom. The number of thioether (sulfide) groups is 1. The number of anilines is 1. The van der Waals surface area contributed by atoms with Gasteiger partial charge in [0.2, 0.25) is 17.7 Å². The summed E-state index contributed by atoms with van der Waals surface area (Å²) in [5.74, 6) is -0.632. The van der Waals surface area contributed by atoms with Gasteiger partial charge in [0, 0.05) is 23.5 Å². The Balaban J connectivity index is 1.56. The molecular formula is C18H22N2O3S. The van der Waals surface area contributed by atoms with Crippen molar-refractivity contribution in [1.82, 2.24) is 4.90 Å². The molecule has 0 spiro atoms. The number of benzene rings is 1. The predicted octanol–water partition coefficient (Wildman–Crippen LogP) is 2.91. The van der Waals surface area contributed by atoms with E-state index in [-0.39, 0.29) is 42.5 Å². The van der Waals surface area contributed by atoms with Crippen molar-refractivity contribution in [3.05, 3.63) is 24.3 Å². The van der Waals surface area contributed by atoms with Crippen LogP contribution in [-0.4, -0.2) is 35.4 Å². The molecule has 1 aromatic carbocycles. The first-order chi connectivity index (χ1) is 11.6. The zero-order valence-electron chi connectivity index (χ0n) is 13.8. The van der Waals surface area contributed by atoms with Crippen molar-refractivity contribution >= 4 is 35.2 Å². The van der Waals surface area contributed by atoms with Gasteiger partial charge in [-0.15, -0.1) is 11.8 Å². The van der Waals surface area contributed by atoms with Gasteiger partial charge in [-0.05, 0) is 37.3 Å². The third-order valence-corrected chi connectivity index (χ3v) is 5.57. The van der Waals surface area contributed by atoms with E-state index in [9.17, 15) is 14.4 Å². The smallest absolute Gasteiger partial charge is 0.233 e. The molecule has 1 aromatic rings. The minimum absolute atomic E-state index is 0.0816. The number of amides is 3. The van der Waals surface area contributed by atoms with Crippen molar-refractivity contribution in [2.24, 2.45) is 11.8 Å². The van der Waals surface area contributed by atoms with Crippen LogP contribution in [0.2, 0.25) is 0 Å². The first-order valence-corrected chi connectivity index (χ1v) is 9.62. The molecule has 3 amide bonds. The SMILES string of the molecule is CSc1cccc(NC(=O)CCN2C(=O)[C@@H]3CCCC[C@H]3C2=O)c1. The number of nitrogens with one attached hydrogen (secondary N) is 1. The third-order valence-electron chi connectivity index (χ3n) is 4.85. The summed E-state index contributed by atoms with van der Waals surface area (Å²) >= 11 is 1.61. The summed E-state index contributed by atoms with van der Waals surface area (Å²) in [6.07, 6.45) is 5.75. The molecule has 128 valence electrons. The average Bonchev–Trinajstić information content (AvgIpc) is 2.84. The Labute approximate surface area is 146 Å². The number of imide groups is 1. The van der Waals surface area contributed by atoms with Crippen LogP contribution in [0.25, 0.3) is 0 Å². The van der Waals surface area contributed by atoms with Crippen LogP contribution in [0.5, 0.6) is 0 Å². The second-order valence-corrected chi connectivity index (χ2v) is 7.24. The predicted molar refractivity (Wildman–Crippen MR) is 93.6 cm³/mol. The van der Waals surface area contributed by atoms with E-state index in [1.54, 1.807) is 11.8 Å². The van der Waals surface area contributed by atoms with Crippen LogP contribution in [0, 0.1) is 11.8 Å². The number of likely N-dealkylation sites (tertiary alicyclic amines) is 1. The van der Waals surface area contributed by atoms with Gasteiger partial charge in [-0.1, -0.05) is 18.9 Å². The monoisotopic (exact) mass is 346 g/mol. The summed E-state index contributed by atoms with van der Waals surface area (Å²) < 4.78 is 0. The van der Waals surface area contributed by atoms with Crippen molar-refractivity contribution in [3.8, 4) is 0 Å². The maximum atomic E-state index is 12.4. The van der Waals surface area contributed by atoms with Gasteiger partial charge in [-0.2, -0.15) is 0 Å². The van der Waals surface area contributed by atoms with E-state index in [1.165, 1.54) is 4.90 Å². The Morgan fingerprint density at radius 3 is 2.50 bits per heavy atom. The second-order valence-electron chi connectivity index (χ2n) is 6.36. The zero-order chi connectivity index (χ0) is 17.1. The van der Waals surface area contributed by atoms with E-state index >= 15 is 0 Å². The fourth-order valence-electron chi connectivity index (χ4n) is 3.59. The molecule has 0 radical (unpaired) electrons. The van der Waals surface area contributed by atoms with Gasteiger partial charge in [-0.25, -0.2) is 0 Å². The van der Waals surface area contributed by atoms with Gasteiger partial charge in [0.05, 0.1) is 11.8 Å². The minimum atomic E-state index is -0.177. The number of carbonyl (C=O) groups is 3. The Morgan fingerprint density at radius 2 is 1.88 bits per heavy atom. The van der Waals surface area contributed by atoms with Crippen LogP contribution in [-0.2, 0) is 14.4 Å². The molecule has 2 fully saturated rings. The van der Waals surface area contributed by atoms with Gasteiger partial charge in [0.15, 0.2) is 0 Å². The van der Waals surface area contributed by atoms with Crippen LogP contribution in [0.3, 0.4) is 0 Å². The van der Waals surface area contributed by atoms with Gasteiger partial charge < -0.3 is 5.32 Å². The van der Waals surface area contributed by atoms with E-state index in [1.807, 2.05) is 30.5 Å². The van der Waals surface area contributed by atoms with Crippen LogP contribution in [0.1, 0.15) is 32.1 Å². The fraction of sp³-hybridized carbons (Fsp3) is 0.500. The molecular weight excluding hydrogens is 324 g/mol. The molecule has 5 nitrogen and oxygen atoms in total. The van der Waals surface area contributed by atoms with E-state index in [0.29, 0.717) is 0 Å². The molecule has 0 unspecified atom stereocenters. The third kappa shape index (κ3) is 3.48. The molecule has 2 aliphatic rings. The van der Waals surface area contributed by atoms with Crippen molar-refractivity contribution < 1.29 is 14.4 Å². The van der Waals surface area contributed by atoms with Crippen LogP contribution in [0.15, 0.2) is 29.2 Å². The van der Waals surface area contributed by atoms with Crippen molar-refractivity contribution in [2.45, 2.75) is 37.0 Å². The highest BCUT2D eigenvalue weighted by atomic mass is 32.2. The van der Waals surface area contributed by atoms with Gasteiger partial charge in [-0.3, -0.25) is 19.3 Å². The molecule has 3 rings (SSSR count). The lowest BCUT2D eigenvalue weighted by Crippen LogP contribution is -2.34. The topological polar surface area (TPSA) is 66.5 Å². The van der Waals surface area contributed by atoms with Crippen molar-refractivity contribution in [2.75, 3.05) is 18.1 Å². The maximum Gasteiger partial charge on any atom is 0.233 e. The van der Waals surface area contributed by atoms with Crippen LogP contribution >= 0.6 is 11.8 Å². The second kappa shape index (κ2) is 7.38. The van der Waals surface area contributed by atoms with Crippen molar-refractivity contribution in [3.63, 3.8) is 0 Å². The molecule has 24 heavy (non-hydrogen) atoms. The summed E-state index contributed by atoms with van der Waals surface area (Å²) in [6.45, 7) is 0.179. The summed E-state index contributed by atoms with van der Waals surface area (Å²) in [7, 11) is 0. The highest BCUT2D eigenvalue weighted by Crippen LogP contribution is 2.37. The lowest BCUT2D eigenvalue weighted by molar-refractivity contribution is -0.140. The van der Waals surface area contributed by atoms with Gasteiger partial charge in [0.25, 0.3) is 0 Å². The average molecular weight is 346 g/mol. The summed E-state index contributed by atoms with van der Waals surface area (Å²) in [5, 5.41) is 2.83. The number of hydrogen-bond donors (Lipinski definition) is 1. The molecule has 0 aromatic heterocycles. The number of rotatable bonds is 5. The molecule has 1 saturated carbocycles. The zero-order valence-corrected chi connectivity index (χ0v) is 14.6.